The lowest BCUT2D eigenvalue weighted by atomic mass is 10.1. The zero-order chi connectivity index (χ0) is 14.5. The Morgan fingerprint density at radius 2 is 1.55 bits per heavy atom. The standard InChI is InChI=1S/C18H30O2/c1-3-4-5-6-7-8-12-15-19-16-17(2)20-18-13-10-9-11-14-18/h9-11,13-14,17H,3-8,12,15-16H2,1-2H3. The summed E-state index contributed by atoms with van der Waals surface area (Å²) in [6.45, 7) is 5.84. The van der Waals surface area contributed by atoms with Crippen LogP contribution in [-0.2, 0) is 4.74 Å². The molecule has 114 valence electrons. The van der Waals surface area contributed by atoms with Gasteiger partial charge in [-0.1, -0.05) is 63.6 Å². The highest BCUT2D eigenvalue weighted by Gasteiger charge is 2.03. The summed E-state index contributed by atoms with van der Waals surface area (Å²) in [6.07, 6.45) is 9.39. The number of benzene rings is 1. The van der Waals surface area contributed by atoms with Crippen molar-refractivity contribution in [3.63, 3.8) is 0 Å². The topological polar surface area (TPSA) is 18.5 Å². The first-order valence-electron chi connectivity index (χ1n) is 8.12. The van der Waals surface area contributed by atoms with Gasteiger partial charge in [-0.2, -0.15) is 0 Å². The minimum Gasteiger partial charge on any atom is -0.488 e. The lowest BCUT2D eigenvalue weighted by Crippen LogP contribution is -2.19. The summed E-state index contributed by atoms with van der Waals surface area (Å²) in [5.41, 5.74) is 0. The average molecular weight is 278 g/mol. The highest BCUT2D eigenvalue weighted by atomic mass is 16.5. The van der Waals surface area contributed by atoms with Crippen molar-refractivity contribution in [3.8, 4) is 5.75 Å². The summed E-state index contributed by atoms with van der Waals surface area (Å²) in [4.78, 5) is 0. The molecule has 0 fully saturated rings. The van der Waals surface area contributed by atoms with E-state index in [2.05, 4.69) is 13.8 Å². The Morgan fingerprint density at radius 3 is 2.25 bits per heavy atom. The third kappa shape index (κ3) is 8.98. The number of ether oxygens (including phenoxy) is 2. The Bertz CT molecular complexity index is 310. The molecule has 1 aromatic rings. The number of rotatable bonds is 12. The van der Waals surface area contributed by atoms with Gasteiger partial charge in [0.15, 0.2) is 0 Å². The van der Waals surface area contributed by atoms with Crippen molar-refractivity contribution in [2.45, 2.75) is 64.9 Å². The maximum atomic E-state index is 5.76. The molecule has 2 nitrogen and oxygen atoms in total. The molecule has 2 heteroatoms. The summed E-state index contributed by atoms with van der Waals surface area (Å²) in [6, 6.07) is 9.93. The zero-order valence-electron chi connectivity index (χ0n) is 13.1. The molecule has 1 rings (SSSR count). The molecule has 0 heterocycles. The van der Waals surface area contributed by atoms with Crippen LogP contribution in [0.2, 0.25) is 0 Å². The van der Waals surface area contributed by atoms with Crippen LogP contribution in [0, 0.1) is 0 Å². The van der Waals surface area contributed by atoms with E-state index in [1.807, 2.05) is 30.3 Å². The molecule has 1 atom stereocenters. The maximum absolute atomic E-state index is 5.76. The largest absolute Gasteiger partial charge is 0.488 e. The predicted octanol–water partition coefficient (Wildman–Crippen LogP) is 5.22. The molecule has 1 unspecified atom stereocenters. The van der Waals surface area contributed by atoms with Crippen molar-refractivity contribution >= 4 is 0 Å². The third-order valence-electron chi connectivity index (χ3n) is 3.33. The second kappa shape index (κ2) is 11.8. The van der Waals surface area contributed by atoms with Crippen LogP contribution in [0.5, 0.6) is 5.75 Å². The average Bonchev–Trinajstić information content (AvgIpc) is 2.46. The SMILES string of the molecule is CCCCCCCCCOCC(C)Oc1ccccc1. The normalized spacial score (nSPS) is 12.3. The van der Waals surface area contributed by atoms with Crippen LogP contribution < -0.4 is 4.74 Å². The first kappa shape index (κ1) is 17.0. The van der Waals surface area contributed by atoms with Gasteiger partial charge >= 0.3 is 0 Å². The van der Waals surface area contributed by atoms with Crippen molar-refractivity contribution < 1.29 is 9.47 Å². The van der Waals surface area contributed by atoms with Crippen LogP contribution in [0.1, 0.15) is 58.8 Å². The fourth-order valence-electron chi connectivity index (χ4n) is 2.18. The highest BCUT2D eigenvalue weighted by molar-refractivity contribution is 5.21. The van der Waals surface area contributed by atoms with Gasteiger partial charge in [0.1, 0.15) is 11.9 Å². The molecular formula is C18H30O2. The van der Waals surface area contributed by atoms with Gasteiger partial charge < -0.3 is 9.47 Å². The maximum Gasteiger partial charge on any atom is 0.119 e. The predicted molar refractivity (Wildman–Crippen MR) is 85.3 cm³/mol. The molecule has 0 spiro atoms. The van der Waals surface area contributed by atoms with Crippen molar-refractivity contribution in [2.75, 3.05) is 13.2 Å². The molecule has 0 saturated carbocycles. The molecule has 0 aliphatic heterocycles. The van der Waals surface area contributed by atoms with Crippen LogP contribution in [0.25, 0.3) is 0 Å². The van der Waals surface area contributed by atoms with Crippen LogP contribution in [0.15, 0.2) is 30.3 Å². The van der Waals surface area contributed by atoms with Gasteiger partial charge in [-0.25, -0.2) is 0 Å². The van der Waals surface area contributed by atoms with Crippen LogP contribution in [0.4, 0.5) is 0 Å². The summed E-state index contributed by atoms with van der Waals surface area (Å²) in [5, 5.41) is 0. The highest BCUT2D eigenvalue weighted by Crippen LogP contribution is 2.11. The molecule has 0 amide bonds. The van der Waals surface area contributed by atoms with Crippen LogP contribution in [-0.4, -0.2) is 19.3 Å². The summed E-state index contributed by atoms with van der Waals surface area (Å²) in [5.74, 6) is 0.916. The Hall–Kier alpha value is -1.02. The molecule has 0 aliphatic carbocycles. The Labute approximate surface area is 124 Å². The summed E-state index contributed by atoms with van der Waals surface area (Å²) < 4.78 is 11.4. The lowest BCUT2D eigenvalue weighted by Gasteiger charge is -2.14. The molecule has 0 radical (unpaired) electrons. The van der Waals surface area contributed by atoms with E-state index in [1.54, 1.807) is 0 Å². The summed E-state index contributed by atoms with van der Waals surface area (Å²) in [7, 11) is 0. The molecule has 0 N–H and O–H groups in total. The Morgan fingerprint density at radius 1 is 0.900 bits per heavy atom. The van der Waals surface area contributed by atoms with E-state index in [4.69, 9.17) is 9.47 Å². The smallest absolute Gasteiger partial charge is 0.119 e. The Balaban J connectivity index is 1.91. The van der Waals surface area contributed by atoms with Crippen molar-refractivity contribution in [1.29, 1.82) is 0 Å². The minimum atomic E-state index is 0.113. The van der Waals surface area contributed by atoms with Gasteiger partial charge in [0.2, 0.25) is 0 Å². The monoisotopic (exact) mass is 278 g/mol. The molecule has 0 bridgehead atoms. The first-order chi connectivity index (χ1) is 9.83. The second-order valence-electron chi connectivity index (χ2n) is 5.44. The van der Waals surface area contributed by atoms with Gasteiger partial charge in [0, 0.05) is 6.61 Å². The van der Waals surface area contributed by atoms with E-state index in [1.165, 1.54) is 44.9 Å². The fourth-order valence-corrected chi connectivity index (χ4v) is 2.18. The minimum absolute atomic E-state index is 0.113. The van der Waals surface area contributed by atoms with E-state index >= 15 is 0 Å². The van der Waals surface area contributed by atoms with Crippen molar-refractivity contribution in [1.82, 2.24) is 0 Å². The zero-order valence-corrected chi connectivity index (χ0v) is 13.1. The summed E-state index contributed by atoms with van der Waals surface area (Å²) >= 11 is 0. The lowest BCUT2D eigenvalue weighted by molar-refractivity contribution is 0.0565. The molecule has 20 heavy (non-hydrogen) atoms. The number of hydrogen-bond donors (Lipinski definition) is 0. The molecular weight excluding hydrogens is 248 g/mol. The molecule has 1 aromatic carbocycles. The van der Waals surface area contributed by atoms with Gasteiger partial charge in [-0.15, -0.1) is 0 Å². The van der Waals surface area contributed by atoms with Gasteiger partial charge in [0.05, 0.1) is 6.61 Å². The molecule has 0 saturated heterocycles. The molecule has 0 aromatic heterocycles. The van der Waals surface area contributed by atoms with Crippen LogP contribution >= 0.6 is 0 Å². The van der Waals surface area contributed by atoms with E-state index in [0.717, 1.165) is 12.4 Å². The second-order valence-corrected chi connectivity index (χ2v) is 5.44. The third-order valence-corrected chi connectivity index (χ3v) is 3.33. The van der Waals surface area contributed by atoms with Crippen molar-refractivity contribution in [2.24, 2.45) is 0 Å². The Kier molecular flexibility index (Phi) is 10.0. The van der Waals surface area contributed by atoms with Gasteiger partial charge in [-0.3, -0.25) is 0 Å². The number of unbranched alkanes of at least 4 members (excludes halogenated alkanes) is 6. The number of para-hydroxylation sites is 1. The number of hydrogen-bond acceptors (Lipinski definition) is 2. The van der Waals surface area contributed by atoms with E-state index in [9.17, 15) is 0 Å². The fraction of sp³-hybridized carbons (Fsp3) is 0.667. The quantitative estimate of drug-likeness (QED) is 0.488. The van der Waals surface area contributed by atoms with Gasteiger partial charge in [-0.05, 0) is 25.5 Å². The van der Waals surface area contributed by atoms with E-state index < -0.39 is 0 Å². The molecule has 0 aliphatic rings. The van der Waals surface area contributed by atoms with Crippen molar-refractivity contribution in [3.05, 3.63) is 30.3 Å². The van der Waals surface area contributed by atoms with Crippen LogP contribution in [0.3, 0.4) is 0 Å². The van der Waals surface area contributed by atoms with E-state index in [-0.39, 0.29) is 6.10 Å². The van der Waals surface area contributed by atoms with E-state index in [0.29, 0.717) is 6.61 Å². The first-order valence-corrected chi connectivity index (χ1v) is 8.12. The van der Waals surface area contributed by atoms with Gasteiger partial charge in [0.25, 0.3) is 0 Å².